The number of benzene rings is 1. The number of hydrogen-bond acceptors (Lipinski definition) is 2. The van der Waals surface area contributed by atoms with Gasteiger partial charge < -0.3 is 4.42 Å². The summed E-state index contributed by atoms with van der Waals surface area (Å²) in [6.07, 6.45) is -4.65. The van der Waals surface area contributed by atoms with Crippen molar-refractivity contribution in [2.75, 3.05) is 0 Å². The summed E-state index contributed by atoms with van der Waals surface area (Å²) in [4.78, 5) is 11.4. The minimum atomic E-state index is -4.65. The molecule has 1 heterocycles. The first-order chi connectivity index (χ1) is 7.38. The monoisotopic (exact) mass is 292 g/mol. The lowest BCUT2D eigenvalue weighted by Gasteiger charge is -2.06. The van der Waals surface area contributed by atoms with Crippen molar-refractivity contribution in [3.8, 4) is 0 Å². The maximum absolute atomic E-state index is 12.3. The van der Waals surface area contributed by atoms with Gasteiger partial charge in [0.25, 0.3) is 0 Å². The third-order valence-electron chi connectivity index (χ3n) is 1.97. The summed E-state index contributed by atoms with van der Waals surface area (Å²) in [6.45, 7) is 0. The van der Waals surface area contributed by atoms with E-state index in [0.717, 1.165) is 0 Å². The molecule has 0 radical (unpaired) electrons. The largest absolute Gasteiger partial charge is 0.451 e. The van der Waals surface area contributed by atoms with Gasteiger partial charge in [0.2, 0.25) is 5.76 Å². The van der Waals surface area contributed by atoms with E-state index >= 15 is 0 Å². The zero-order valence-electron chi connectivity index (χ0n) is 7.64. The normalized spacial score (nSPS) is 12.0. The molecule has 0 aliphatic carbocycles. The first kappa shape index (κ1) is 11.2. The van der Waals surface area contributed by atoms with E-state index in [1.165, 1.54) is 18.2 Å². The second-order valence-corrected chi connectivity index (χ2v) is 4.03. The molecule has 84 valence electrons. The van der Waals surface area contributed by atoms with E-state index in [0.29, 0.717) is 10.5 Å². The average molecular weight is 293 g/mol. The lowest BCUT2D eigenvalue weighted by atomic mass is 10.2. The minimum absolute atomic E-state index is 0.0805. The first-order valence-electron chi connectivity index (χ1n) is 4.18. The van der Waals surface area contributed by atoms with Crippen molar-refractivity contribution >= 4 is 26.9 Å². The highest BCUT2D eigenvalue weighted by Crippen LogP contribution is 2.30. The van der Waals surface area contributed by atoms with Crippen molar-refractivity contribution in [2.24, 2.45) is 0 Å². The smallest absolute Gasteiger partial charge is 0.449 e. The van der Waals surface area contributed by atoms with E-state index in [-0.39, 0.29) is 11.0 Å². The van der Waals surface area contributed by atoms with Gasteiger partial charge in [0, 0.05) is 10.5 Å². The van der Waals surface area contributed by atoms with E-state index in [1.54, 1.807) is 0 Å². The molecule has 2 nitrogen and oxygen atoms in total. The maximum Gasteiger partial charge on any atom is 0.449 e. The van der Waals surface area contributed by atoms with Crippen molar-refractivity contribution in [3.05, 3.63) is 44.7 Å². The van der Waals surface area contributed by atoms with E-state index < -0.39 is 17.4 Å². The topological polar surface area (TPSA) is 30.2 Å². The predicted molar refractivity (Wildman–Crippen MR) is 55.2 cm³/mol. The molecule has 0 spiro atoms. The van der Waals surface area contributed by atoms with Crippen LogP contribution in [0, 0.1) is 0 Å². The van der Waals surface area contributed by atoms with Gasteiger partial charge in [-0.2, -0.15) is 13.2 Å². The fourth-order valence-corrected chi connectivity index (χ4v) is 1.63. The van der Waals surface area contributed by atoms with E-state index in [2.05, 4.69) is 20.3 Å². The van der Waals surface area contributed by atoms with Crippen molar-refractivity contribution < 1.29 is 17.6 Å². The Morgan fingerprint density at radius 2 is 1.88 bits per heavy atom. The fraction of sp³-hybridized carbons (Fsp3) is 0.100. The second-order valence-electron chi connectivity index (χ2n) is 3.11. The van der Waals surface area contributed by atoms with Crippen LogP contribution in [0.4, 0.5) is 13.2 Å². The highest BCUT2D eigenvalue weighted by molar-refractivity contribution is 9.10. The van der Waals surface area contributed by atoms with E-state index in [9.17, 15) is 18.0 Å². The summed E-state index contributed by atoms with van der Waals surface area (Å²) < 4.78 is 42.2. The first-order valence-corrected chi connectivity index (χ1v) is 4.98. The summed E-state index contributed by atoms with van der Waals surface area (Å²) >= 11 is 3.12. The molecule has 0 saturated heterocycles. The Labute approximate surface area is 95.8 Å². The molecule has 0 N–H and O–H groups in total. The van der Waals surface area contributed by atoms with Crippen LogP contribution >= 0.6 is 15.9 Å². The number of rotatable bonds is 0. The van der Waals surface area contributed by atoms with Crippen molar-refractivity contribution in [3.63, 3.8) is 0 Å². The van der Waals surface area contributed by atoms with Crippen LogP contribution in [0.3, 0.4) is 0 Å². The molecule has 0 aliphatic heterocycles. The Kier molecular flexibility index (Phi) is 2.53. The molecule has 1 aromatic carbocycles. The van der Waals surface area contributed by atoms with Crippen LogP contribution < -0.4 is 5.43 Å². The molecule has 16 heavy (non-hydrogen) atoms. The molecule has 0 atom stereocenters. The lowest BCUT2D eigenvalue weighted by Crippen LogP contribution is -2.10. The van der Waals surface area contributed by atoms with E-state index in [1.807, 2.05) is 0 Å². The van der Waals surface area contributed by atoms with Crippen LogP contribution in [0.25, 0.3) is 11.0 Å². The number of hydrogen-bond donors (Lipinski definition) is 0. The Hall–Kier alpha value is -1.30. The maximum atomic E-state index is 12.3. The summed E-state index contributed by atoms with van der Waals surface area (Å²) in [5.41, 5.74) is -0.794. The Morgan fingerprint density at radius 3 is 2.50 bits per heavy atom. The third-order valence-corrected chi connectivity index (χ3v) is 2.46. The summed E-state index contributed by atoms with van der Waals surface area (Å²) in [5, 5.41) is 0.113. The molecule has 0 bridgehead atoms. The molecule has 2 aromatic rings. The summed E-state index contributed by atoms with van der Waals surface area (Å²) in [6, 6.07) is 4.69. The van der Waals surface area contributed by atoms with Gasteiger partial charge in [-0.15, -0.1) is 0 Å². The van der Waals surface area contributed by atoms with Crippen molar-refractivity contribution in [1.82, 2.24) is 0 Å². The van der Waals surface area contributed by atoms with E-state index in [4.69, 9.17) is 0 Å². The molecule has 1 aromatic heterocycles. The van der Waals surface area contributed by atoms with Gasteiger partial charge in [-0.25, -0.2) is 0 Å². The van der Waals surface area contributed by atoms with Gasteiger partial charge in [0.1, 0.15) is 5.58 Å². The molecule has 0 unspecified atom stereocenters. The summed E-state index contributed by atoms with van der Waals surface area (Å²) in [7, 11) is 0. The molecular formula is C10H4BrF3O2. The highest BCUT2D eigenvalue weighted by Gasteiger charge is 2.34. The Morgan fingerprint density at radius 1 is 1.19 bits per heavy atom. The molecular weight excluding hydrogens is 289 g/mol. The zero-order valence-corrected chi connectivity index (χ0v) is 9.22. The molecule has 2 rings (SSSR count). The minimum Gasteiger partial charge on any atom is -0.451 e. The molecule has 0 saturated carbocycles. The molecule has 0 aliphatic rings. The third kappa shape index (κ3) is 1.97. The SMILES string of the molecule is O=c1cc(C(F)(F)F)oc2ccc(Br)cc12. The van der Waals surface area contributed by atoms with Gasteiger partial charge in [-0.1, -0.05) is 15.9 Å². The van der Waals surface area contributed by atoms with Crippen molar-refractivity contribution in [2.45, 2.75) is 6.18 Å². The van der Waals surface area contributed by atoms with Gasteiger partial charge >= 0.3 is 6.18 Å². The van der Waals surface area contributed by atoms with Gasteiger partial charge in [-0.05, 0) is 18.2 Å². The van der Waals surface area contributed by atoms with Crippen LogP contribution in [-0.4, -0.2) is 0 Å². The van der Waals surface area contributed by atoms with Gasteiger partial charge in [0.05, 0.1) is 5.39 Å². The molecule has 6 heteroatoms. The number of alkyl halides is 3. The molecule has 0 fully saturated rings. The van der Waals surface area contributed by atoms with Crippen LogP contribution in [0.5, 0.6) is 0 Å². The predicted octanol–water partition coefficient (Wildman–Crippen LogP) is 3.57. The second kappa shape index (κ2) is 3.62. The molecule has 0 amide bonds. The number of halogens is 4. The lowest BCUT2D eigenvalue weighted by molar-refractivity contribution is -0.152. The van der Waals surface area contributed by atoms with Gasteiger partial charge in [-0.3, -0.25) is 4.79 Å². The van der Waals surface area contributed by atoms with Crippen LogP contribution in [0.15, 0.2) is 37.9 Å². The van der Waals surface area contributed by atoms with Gasteiger partial charge in [0.15, 0.2) is 5.43 Å². The average Bonchev–Trinajstić information content (AvgIpc) is 2.17. The highest BCUT2D eigenvalue weighted by atomic mass is 79.9. The van der Waals surface area contributed by atoms with Crippen LogP contribution in [-0.2, 0) is 6.18 Å². The van der Waals surface area contributed by atoms with Crippen molar-refractivity contribution in [1.29, 1.82) is 0 Å². The summed E-state index contributed by atoms with van der Waals surface area (Å²) in [5.74, 6) is -1.28. The Balaban J connectivity index is 2.79. The van der Waals surface area contributed by atoms with Crippen LogP contribution in [0.1, 0.15) is 5.76 Å². The number of fused-ring (bicyclic) bond motifs is 1. The Bertz CT molecular complexity index is 601. The fourth-order valence-electron chi connectivity index (χ4n) is 1.27. The zero-order chi connectivity index (χ0) is 11.9. The quantitative estimate of drug-likeness (QED) is 0.743. The van der Waals surface area contributed by atoms with Crippen LogP contribution in [0.2, 0.25) is 0 Å². The standard InChI is InChI=1S/C10H4BrF3O2/c11-5-1-2-8-6(3-5)7(15)4-9(16-8)10(12,13)14/h1-4H.